The summed E-state index contributed by atoms with van der Waals surface area (Å²) in [5, 5.41) is 38.6. The highest BCUT2D eigenvalue weighted by Gasteiger charge is 2.27. The van der Waals surface area contributed by atoms with Crippen molar-refractivity contribution in [3.8, 4) is 0 Å². The fraction of sp³-hybridized carbons (Fsp3) is 0.750. The summed E-state index contributed by atoms with van der Waals surface area (Å²) in [4.78, 5) is 29.6. The van der Waals surface area contributed by atoms with Gasteiger partial charge in [0.05, 0.1) is 12.6 Å². The molecule has 1 unspecified atom stereocenters. The SMILES string of the molecule is NCC(=O)O.O=C(O)[C@@H]1CC(O)CN1.O=C(O)[C@@H]1CCCN1. The van der Waals surface area contributed by atoms with Gasteiger partial charge in [0.15, 0.2) is 0 Å². The average molecular weight is 321 g/mol. The molecule has 0 radical (unpaired) electrons. The Kier molecular flexibility index (Phi) is 10.0. The summed E-state index contributed by atoms with van der Waals surface area (Å²) in [6.07, 6.45) is 1.63. The van der Waals surface area contributed by atoms with E-state index in [0.717, 1.165) is 19.4 Å². The molecule has 2 saturated heterocycles. The molecule has 0 aromatic heterocycles. The Morgan fingerprint density at radius 1 is 1.05 bits per heavy atom. The second-order valence-corrected chi connectivity index (χ2v) is 4.77. The maximum atomic E-state index is 10.2. The maximum Gasteiger partial charge on any atom is 0.320 e. The largest absolute Gasteiger partial charge is 0.480 e. The fourth-order valence-corrected chi connectivity index (χ4v) is 1.80. The van der Waals surface area contributed by atoms with Gasteiger partial charge in [0, 0.05) is 13.0 Å². The van der Waals surface area contributed by atoms with E-state index >= 15 is 0 Å². The lowest BCUT2D eigenvalue weighted by Crippen LogP contribution is -2.29. The van der Waals surface area contributed by atoms with Crippen molar-refractivity contribution >= 4 is 17.9 Å². The van der Waals surface area contributed by atoms with Crippen molar-refractivity contribution in [2.24, 2.45) is 5.73 Å². The third-order valence-corrected chi connectivity index (χ3v) is 2.94. The first-order valence-electron chi connectivity index (χ1n) is 6.80. The lowest BCUT2D eigenvalue weighted by Gasteiger charge is -1.99. The van der Waals surface area contributed by atoms with E-state index in [0.29, 0.717) is 13.0 Å². The molecule has 128 valence electrons. The van der Waals surface area contributed by atoms with Crippen molar-refractivity contribution in [2.45, 2.75) is 37.5 Å². The number of aliphatic hydroxyl groups excluding tert-OH is 1. The molecule has 0 saturated carbocycles. The van der Waals surface area contributed by atoms with Crippen molar-refractivity contribution in [1.29, 1.82) is 0 Å². The van der Waals surface area contributed by atoms with Crippen molar-refractivity contribution in [3.05, 3.63) is 0 Å². The smallest absolute Gasteiger partial charge is 0.320 e. The third kappa shape index (κ3) is 9.23. The molecule has 2 fully saturated rings. The second kappa shape index (κ2) is 10.9. The number of aliphatic hydroxyl groups is 1. The van der Waals surface area contributed by atoms with E-state index in [1.807, 2.05) is 0 Å². The van der Waals surface area contributed by atoms with Crippen LogP contribution >= 0.6 is 0 Å². The lowest BCUT2D eigenvalue weighted by molar-refractivity contribution is -0.140. The second-order valence-electron chi connectivity index (χ2n) is 4.77. The van der Waals surface area contributed by atoms with E-state index in [1.165, 1.54) is 0 Å². The van der Waals surface area contributed by atoms with Crippen LogP contribution in [0, 0.1) is 0 Å². The summed E-state index contributed by atoms with van der Waals surface area (Å²) in [5.74, 6) is -2.57. The summed E-state index contributed by atoms with van der Waals surface area (Å²) >= 11 is 0. The number of carboxylic acids is 3. The summed E-state index contributed by atoms with van der Waals surface area (Å²) in [6.45, 7) is 0.980. The topological polar surface area (TPSA) is 182 Å². The average Bonchev–Trinajstić information content (AvgIpc) is 3.10. The number of hydrogen-bond acceptors (Lipinski definition) is 7. The van der Waals surface area contributed by atoms with E-state index in [4.69, 9.17) is 20.4 Å². The van der Waals surface area contributed by atoms with Crippen LogP contribution in [0.15, 0.2) is 0 Å². The quantitative estimate of drug-likeness (QED) is 0.297. The Morgan fingerprint density at radius 3 is 1.77 bits per heavy atom. The van der Waals surface area contributed by atoms with Gasteiger partial charge in [-0.2, -0.15) is 0 Å². The molecule has 0 aromatic carbocycles. The zero-order valence-electron chi connectivity index (χ0n) is 12.1. The Labute approximate surface area is 127 Å². The first-order chi connectivity index (χ1) is 10.3. The minimum Gasteiger partial charge on any atom is -0.480 e. The zero-order valence-corrected chi connectivity index (χ0v) is 12.1. The van der Waals surface area contributed by atoms with Crippen molar-refractivity contribution in [1.82, 2.24) is 10.6 Å². The van der Waals surface area contributed by atoms with Gasteiger partial charge in [0.1, 0.15) is 12.1 Å². The van der Waals surface area contributed by atoms with Crippen LogP contribution in [-0.2, 0) is 14.4 Å². The standard InChI is InChI=1S/C5H9NO3.C5H9NO2.C2H5NO2/c7-3-1-4(5(8)9)6-2-3;7-5(8)4-2-1-3-6-4;3-1-2(4)5/h3-4,6-7H,1-2H2,(H,8,9);4,6H,1-3H2,(H,7,8);1,3H2,(H,4,5)/t3?,4-;4-;/m00./s1. The van der Waals surface area contributed by atoms with Crippen LogP contribution < -0.4 is 16.4 Å². The maximum absolute atomic E-state index is 10.2. The van der Waals surface area contributed by atoms with Gasteiger partial charge in [0.25, 0.3) is 0 Å². The molecule has 2 aliphatic rings. The van der Waals surface area contributed by atoms with Crippen molar-refractivity contribution in [3.63, 3.8) is 0 Å². The van der Waals surface area contributed by atoms with Crippen LogP contribution in [0.25, 0.3) is 0 Å². The van der Waals surface area contributed by atoms with Crippen molar-refractivity contribution in [2.75, 3.05) is 19.6 Å². The van der Waals surface area contributed by atoms with Crippen LogP contribution in [0.2, 0.25) is 0 Å². The number of rotatable bonds is 3. The molecule has 8 N–H and O–H groups in total. The van der Waals surface area contributed by atoms with Gasteiger partial charge >= 0.3 is 17.9 Å². The third-order valence-electron chi connectivity index (χ3n) is 2.94. The first-order valence-corrected chi connectivity index (χ1v) is 6.80. The Morgan fingerprint density at radius 2 is 1.59 bits per heavy atom. The van der Waals surface area contributed by atoms with E-state index in [2.05, 4.69) is 16.4 Å². The van der Waals surface area contributed by atoms with E-state index in [-0.39, 0.29) is 12.6 Å². The molecular formula is C12H23N3O7. The predicted molar refractivity (Wildman–Crippen MR) is 75.4 cm³/mol. The van der Waals surface area contributed by atoms with Gasteiger partial charge in [-0.15, -0.1) is 0 Å². The van der Waals surface area contributed by atoms with Crippen molar-refractivity contribution < 1.29 is 34.8 Å². The van der Waals surface area contributed by atoms with Crippen LogP contribution in [0.3, 0.4) is 0 Å². The van der Waals surface area contributed by atoms with Gasteiger partial charge in [-0.3, -0.25) is 14.4 Å². The molecule has 3 atom stereocenters. The molecule has 0 spiro atoms. The summed E-state index contributed by atoms with van der Waals surface area (Å²) in [6, 6.07) is -0.810. The van der Waals surface area contributed by atoms with Crippen LogP contribution in [0.4, 0.5) is 0 Å². The van der Waals surface area contributed by atoms with Gasteiger partial charge in [0.2, 0.25) is 0 Å². The normalized spacial score (nSPS) is 26.2. The van der Waals surface area contributed by atoms with Gasteiger partial charge < -0.3 is 36.8 Å². The number of aliphatic carboxylic acids is 3. The number of β-amino-alcohol motifs (C(OH)–C–C–N with tert-alkyl or cyclic N) is 1. The minimum absolute atomic E-state index is 0.269. The highest BCUT2D eigenvalue weighted by atomic mass is 16.4. The molecule has 22 heavy (non-hydrogen) atoms. The highest BCUT2D eigenvalue weighted by Crippen LogP contribution is 2.05. The monoisotopic (exact) mass is 321 g/mol. The summed E-state index contributed by atoms with van der Waals surface area (Å²) in [5.41, 5.74) is 4.57. The lowest BCUT2D eigenvalue weighted by atomic mass is 10.2. The molecular weight excluding hydrogens is 298 g/mol. The molecule has 10 heteroatoms. The number of hydrogen-bond donors (Lipinski definition) is 7. The number of carboxylic acid groups (broad SMARTS) is 3. The molecule has 2 heterocycles. The molecule has 0 bridgehead atoms. The number of nitrogens with two attached hydrogens (primary N) is 1. The van der Waals surface area contributed by atoms with Crippen LogP contribution in [0.5, 0.6) is 0 Å². The minimum atomic E-state index is -0.968. The molecule has 0 aliphatic carbocycles. The number of carbonyl (C=O) groups is 3. The van der Waals surface area contributed by atoms with E-state index in [1.54, 1.807) is 0 Å². The van der Waals surface area contributed by atoms with Crippen LogP contribution in [0.1, 0.15) is 19.3 Å². The zero-order chi connectivity index (χ0) is 17.1. The predicted octanol–water partition coefficient (Wildman–Crippen LogP) is -2.35. The Hall–Kier alpha value is -1.75. The van der Waals surface area contributed by atoms with E-state index in [9.17, 15) is 14.4 Å². The van der Waals surface area contributed by atoms with E-state index < -0.39 is 30.1 Å². The summed E-state index contributed by atoms with van der Waals surface area (Å²) in [7, 11) is 0. The molecule has 0 amide bonds. The van der Waals surface area contributed by atoms with Gasteiger partial charge in [-0.1, -0.05) is 0 Å². The molecule has 2 aliphatic heterocycles. The molecule has 2 rings (SSSR count). The Balaban J connectivity index is 0.000000315. The fourth-order valence-electron chi connectivity index (χ4n) is 1.80. The number of nitrogens with one attached hydrogen (secondary N) is 2. The van der Waals surface area contributed by atoms with Crippen LogP contribution in [-0.4, -0.2) is 76.2 Å². The molecule has 10 nitrogen and oxygen atoms in total. The molecule has 0 aromatic rings. The Bertz CT molecular complexity index is 372. The van der Waals surface area contributed by atoms with Gasteiger partial charge in [-0.05, 0) is 19.4 Å². The van der Waals surface area contributed by atoms with Gasteiger partial charge in [-0.25, -0.2) is 0 Å². The first kappa shape index (κ1) is 20.2. The summed E-state index contributed by atoms with van der Waals surface area (Å²) < 4.78 is 0. The highest BCUT2D eigenvalue weighted by molar-refractivity contribution is 5.74.